The number of amides is 1. The molecule has 8 nitrogen and oxygen atoms in total. The largest absolute Gasteiger partial charge is 0.480 e. The number of ether oxygens (including phenoxy) is 2. The molecule has 0 aliphatic carbocycles. The Labute approximate surface area is 138 Å². The number of aryl methyl sites for hydroxylation is 1. The fraction of sp³-hybridized carbons (Fsp3) is 0.375. The molecule has 126 valence electrons. The van der Waals surface area contributed by atoms with Crippen LogP contribution in [-0.4, -0.2) is 51.9 Å². The average molecular weight is 330 g/mol. The highest BCUT2D eigenvalue weighted by Gasteiger charge is 2.29. The SMILES string of the molecule is COc1ccc(OC2CCN(C(=O)c3cccn(C)c3=O)C2)nn1. The lowest BCUT2D eigenvalue weighted by molar-refractivity contribution is 0.0768. The van der Waals surface area contributed by atoms with Gasteiger partial charge in [0.05, 0.1) is 13.7 Å². The van der Waals surface area contributed by atoms with E-state index in [1.807, 2.05) is 0 Å². The summed E-state index contributed by atoms with van der Waals surface area (Å²) in [6.45, 7) is 0.940. The Morgan fingerprint density at radius 1 is 1.25 bits per heavy atom. The Bertz CT molecular complexity index is 787. The second kappa shape index (κ2) is 6.69. The quantitative estimate of drug-likeness (QED) is 0.810. The van der Waals surface area contributed by atoms with Gasteiger partial charge in [-0.2, -0.15) is 0 Å². The fourth-order valence-electron chi connectivity index (χ4n) is 2.59. The van der Waals surface area contributed by atoms with Crippen LogP contribution in [0.2, 0.25) is 0 Å². The lowest BCUT2D eigenvalue weighted by atomic mass is 10.2. The van der Waals surface area contributed by atoms with Crippen LogP contribution in [0, 0.1) is 0 Å². The summed E-state index contributed by atoms with van der Waals surface area (Å²) in [4.78, 5) is 26.2. The van der Waals surface area contributed by atoms with E-state index in [1.54, 1.807) is 42.4 Å². The molecule has 1 aliphatic rings. The minimum absolute atomic E-state index is 0.171. The molecule has 0 N–H and O–H groups in total. The first-order valence-corrected chi connectivity index (χ1v) is 7.58. The summed E-state index contributed by atoms with van der Waals surface area (Å²) in [5, 5.41) is 7.75. The summed E-state index contributed by atoms with van der Waals surface area (Å²) in [6.07, 6.45) is 2.12. The standard InChI is InChI=1S/C16H18N4O4/c1-19-8-3-4-12(15(19)21)16(22)20-9-7-11(10-20)24-14-6-5-13(23-2)17-18-14/h3-6,8,11H,7,9-10H2,1-2H3. The van der Waals surface area contributed by atoms with Gasteiger partial charge in [0.1, 0.15) is 11.7 Å². The van der Waals surface area contributed by atoms with Crippen LogP contribution >= 0.6 is 0 Å². The van der Waals surface area contributed by atoms with E-state index in [-0.39, 0.29) is 23.1 Å². The molecule has 0 radical (unpaired) electrons. The molecule has 2 aromatic rings. The van der Waals surface area contributed by atoms with Crippen LogP contribution in [0.3, 0.4) is 0 Å². The van der Waals surface area contributed by atoms with Crippen molar-refractivity contribution in [3.8, 4) is 11.8 Å². The topological polar surface area (TPSA) is 86.5 Å². The van der Waals surface area contributed by atoms with Crippen LogP contribution in [0.15, 0.2) is 35.3 Å². The molecule has 8 heteroatoms. The van der Waals surface area contributed by atoms with Gasteiger partial charge in [0.25, 0.3) is 11.5 Å². The highest BCUT2D eigenvalue weighted by Crippen LogP contribution is 2.18. The Hall–Kier alpha value is -2.90. The summed E-state index contributed by atoms with van der Waals surface area (Å²) in [7, 11) is 3.14. The maximum atomic E-state index is 12.5. The van der Waals surface area contributed by atoms with E-state index in [1.165, 1.54) is 11.7 Å². The second-order valence-corrected chi connectivity index (χ2v) is 5.53. The number of methoxy groups -OCH3 is 1. The summed E-state index contributed by atoms with van der Waals surface area (Å²) in [6, 6.07) is 6.57. The van der Waals surface area contributed by atoms with E-state index in [0.29, 0.717) is 31.3 Å². The molecule has 1 fully saturated rings. The zero-order valence-corrected chi connectivity index (χ0v) is 13.5. The zero-order valence-electron chi connectivity index (χ0n) is 13.5. The maximum absolute atomic E-state index is 12.5. The van der Waals surface area contributed by atoms with Crippen molar-refractivity contribution in [1.29, 1.82) is 0 Å². The molecule has 1 saturated heterocycles. The third-order valence-electron chi connectivity index (χ3n) is 3.90. The molecule has 1 aliphatic heterocycles. The van der Waals surface area contributed by atoms with Crippen LogP contribution in [0.4, 0.5) is 0 Å². The van der Waals surface area contributed by atoms with Gasteiger partial charge in [0, 0.05) is 38.3 Å². The van der Waals surface area contributed by atoms with Crippen LogP contribution in [0.1, 0.15) is 16.8 Å². The molecular weight excluding hydrogens is 312 g/mol. The minimum Gasteiger partial charge on any atom is -0.480 e. The third-order valence-corrected chi connectivity index (χ3v) is 3.90. The molecule has 0 aromatic carbocycles. The van der Waals surface area contributed by atoms with Crippen molar-refractivity contribution >= 4 is 5.91 Å². The second-order valence-electron chi connectivity index (χ2n) is 5.53. The van der Waals surface area contributed by atoms with Crippen molar-refractivity contribution in [3.63, 3.8) is 0 Å². The summed E-state index contributed by atoms with van der Waals surface area (Å²) in [5.41, 5.74) is -0.127. The number of carbonyl (C=O) groups is 1. The number of hydrogen-bond acceptors (Lipinski definition) is 6. The smallest absolute Gasteiger partial charge is 0.263 e. The van der Waals surface area contributed by atoms with E-state index in [9.17, 15) is 9.59 Å². The fourth-order valence-corrected chi connectivity index (χ4v) is 2.59. The van der Waals surface area contributed by atoms with E-state index >= 15 is 0 Å². The van der Waals surface area contributed by atoms with Crippen molar-refractivity contribution in [3.05, 3.63) is 46.4 Å². The molecule has 1 unspecified atom stereocenters. The van der Waals surface area contributed by atoms with Gasteiger partial charge in [-0.25, -0.2) is 0 Å². The van der Waals surface area contributed by atoms with Gasteiger partial charge in [-0.1, -0.05) is 0 Å². The first-order chi connectivity index (χ1) is 11.6. The molecule has 0 bridgehead atoms. The average Bonchev–Trinajstić information content (AvgIpc) is 3.06. The number of rotatable bonds is 4. The van der Waals surface area contributed by atoms with E-state index < -0.39 is 0 Å². The van der Waals surface area contributed by atoms with Gasteiger partial charge >= 0.3 is 0 Å². The lowest BCUT2D eigenvalue weighted by Gasteiger charge is -2.16. The summed E-state index contributed by atoms with van der Waals surface area (Å²) < 4.78 is 12.1. The summed E-state index contributed by atoms with van der Waals surface area (Å²) in [5.74, 6) is 0.513. The Morgan fingerprint density at radius 3 is 2.71 bits per heavy atom. The number of pyridine rings is 1. The van der Waals surface area contributed by atoms with Crippen molar-refractivity contribution in [2.75, 3.05) is 20.2 Å². The normalized spacial score (nSPS) is 16.9. The van der Waals surface area contributed by atoms with Crippen molar-refractivity contribution in [2.24, 2.45) is 7.05 Å². The lowest BCUT2D eigenvalue weighted by Crippen LogP contribution is -2.35. The Balaban J connectivity index is 1.65. The summed E-state index contributed by atoms with van der Waals surface area (Å²) >= 11 is 0. The number of nitrogens with zero attached hydrogens (tertiary/aromatic N) is 4. The van der Waals surface area contributed by atoms with Gasteiger partial charge in [-0.3, -0.25) is 9.59 Å². The van der Waals surface area contributed by atoms with Gasteiger partial charge < -0.3 is 18.9 Å². The molecule has 0 saturated carbocycles. The van der Waals surface area contributed by atoms with Crippen molar-refractivity contribution in [1.82, 2.24) is 19.7 Å². The highest BCUT2D eigenvalue weighted by molar-refractivity contribution is 5.94. The Kier molecular flexibility index (Phi) is 4.45. The Morgan fingerprint density at radius 2 is 2.00 bits per heavy atom. The van der Waals surface area contributed by atoms with Crippen LogP contribution in [-0.2, 0) is 7.05 Å². The predicted octanol–water partition coefficient (Wildman–Crippen LogP) is 0.477. The number of likely N-dealkylation sites (tertiary alicyclic amines) is 1. The molecular formula is C16H18N4O4. The highest BCUT2D eigenvalue weighted by atomic mass is 16.5. The predicted molar refractivity (Wildman–Crippen MR) is 85.2 cm³/mol. The van der Waals surface area contributed by atoms with Crippen molar-refractivity contribution in [2.45, 2.75) is 12.5 Å². The number of hydrogen-bond donors (Lipinski definition) is 0. The van der Waals surface area contributed by atoms with Gasteiger partial charge in [0.2, 0.25) is 11.8 Å². The van der Waals surface area contributed by atoms with Gasteiger partial charge in [0.15, 0.2) is 0 Å². The molecule has 24 heavy (non-hydrogen) atoms. The molecule has 3 rings (SSSR count). The molecule has 3 heterocycles. The van der Waals surface area contributed by atoms with Gasteiger partial charge in [-0.15, -0.1) is 10.2 Å². The molecule has 0 spiro atoms. The molecule has 1 amide bonds. The zero-order chi connectivity index (χ0) is 17.1. The van der Waals surface area contributed by atoms with Gasteiger partial charge in [-0.05, 0) is 12.1 Å². The first kappa shape index (κ1) is 16.0. The minimum atomic E-state index is -0.298. The molecule has 2 aromatic heterocycles. The van der Waals surface area contributed by atoms with E-state index in [4.69, 9.17) is 9.47 Å². The maximum Gasteiger partial charge on any atom is 0.263 e. The first-order valence-electron chi connectivity index (χ1n) is 7.58. The number of aromatic nitrogens is 3. The van der Waals surface area contributed by atoms with Crippen LogP contribution < -0.4 is 15.0 Å². The molecule has 1 atom stereocenters. The van der Waals surface area contributed by atoms with Crippen molar-refractivity contribution < 1.29 is 14.3 Å². The van der Waals surface area contributed by atoms with Crippen LogP contribution in [0.25, 0.3) is 0 Å². The number of carbonyl (C=O) groups excluding carboxylic acids is 1. The van der Waals surface area contributed by atoms with Crippen LogP contribution in [0.5, 0.6) is 11.8 Å². The van der Waals surface area contributed by atoms with E-state index in [2.05, 4.69) is 10.2 Å². The monoisotopic (exact) mass is 330 g/mol. The third kappa shape index (κ3) is 3.22. The van der Waals surface area contributed by atoms with E-state index in [0.717, 1.165) is 0 Å².